The normalized spacial score (nSPS) is 12.0. The molecule has 4 heteroatoms. The van der Waals surface area contributed by atoms with Crippen molar-refractivity contribution in [1.82, 2.24) is 0 Å². The third kappa shape index (κ3) is 4.76. The van der Waals surface area contributed by atoms with Crippen LogP contribution in [0.3, 0.4) is 0 Å². The Balaban J connectivity index is 1.89. The molecule has 0 aliphatic rings. The molecule has 2 aromatic carbocycles. The smallest absolute Gasteiger partial charge is 0.125 e. The van der Waals surface area contributed by atoms with E-state index in [9.17, 15) is 5.11 Å². The predicted octanol–water partition coefficient (Wildman–Crippen LogP) is 4.27. The van der Waals surface area contributed by atoms with Crippen LogP contribution in [0.25, 0.3) is 0 Å². The van der Waals surface area contributed by atoms with E-state index in [4.69, 9.17) is 9.47 Å². The molecule has 0 spiro atoms. The average molecular weight is 351 g/mol. The lowest BCUT2D eigenvalue weighted by Gasteiger charge is -2.14. The minimum absolute atomic E-state index is 0.426. The number of halogens is 1. The van der Waals surface area contributed by atoms with Crippen molar-refractivity contribution in [2.45, 2.75) is 20.0 Å². The molecule has 1 atom stereocenters. The molecule has 0 aliphatic carbocycles. The van der Waals surface area contributed by atoms with Crippen LogP contribution in [-0.2, 0) is 0 Å². The molecule has 0 bridgehead atoms. The van der Waals surface area contributed by atoms with Crippen molar-refractivity contribution in [3.8, 4) is 11.5 Å². The number of ether oxygens (including phenoxy) is 2. The fraction of sp³-hybridized carbons (Fsp3) is 0.294. The molecule has 21 heavy (non-hydrogen) atoms. The fourth-order valence-electron chi connectivity index (χ4n) is 1.99. The van der Waals surface area contributed by atoms with Gasteiger partial charge in [0, 0.05) is 10.0 Å². The summed E-state index contributed by atoms with van der Waals surface area (Å²) in [5, 5.41) is 9.78. The van der Waals surface area contributed by atoms with Crippen LogP contribution in [0.5, 0.6) is 11.5 Å². The van der Waals surface area contributed by atoms with Crippen LogP contribution in [0.1, 0.15) is 24.2 Å². The predicted molar refractivity (Wildman–Crippen MR) is 86.9 cm³/mol. The summed E-state index contributed by atoms with van der Waals surface area (Å²) < 4.78 is 12.3. The molecular formula is C17H19BrO3. The molecule has 0 aromatic heterocycles. The minimum atomic E-state index is -0.550. The Labute approximate surface area is 133 Å². The first kappa shape index (κ1) is 15.9. The molecule has 0 fully saturated rings. The van der Waals surface area contributed by atoms with E-state index in [0.717, 1.165) is 21.3 Å². The summed E-state index contributed by atoms with van der Waals surface area (Å²) >= 11 is 3.40. The van der Waals surface area contributed by atoms with E-state index in [0.29, 0.717) is 19.0 Å². The Morgan fingerprint density at radius 2 is 1.86 bits per heavy atom. The van der Waals surface area contributed by atoms with Crippen molar-refractivity contribution in [1.29, 1.82) is 0 Å². The van der Waals surface area contributed by atoms with E-state index in [1.807, 2.05) is 49.4 Å². The maximum atomic E-state index is 9.78. The van der Waals surface area contributed by atoms with Gasteiger partial charge in [-0.2, -0.15) is 0 Å². The molecule has 2 rings (SSSR count). The maximum Gasteiger partial charge on any atom is 0.125 e. The minimum Gasteiger partial charge on any atom is -0.490 e. The Bertz CT molecular complexity index is 596. The standard InChI is InChI=1S/C17H19BrO3/c1-12-6-7-17(16(10-12)13(2)19)21-9-8-20-15-5-3-4-14(18)11-15/h3-7,10-11,13,19H,8-9H2,1-2H3/t13-/m1/s1. The lowest BCUT2D eigenvalue weighted by Crippen LogP contribution is -2.10. The van der Waals surface area contributed by atoms with E-state index in [1.54, 1.807) is 6.92 Å². The van der Waals surface area contributed by atoms with E-state index < -0.39 is 6.10 Å². The van der Waals surface area contributed by atoms with Gasteiger partial charge in [0.05, 0.1) is 6.10 Å². The van der Waals surface area contributed by atoms with Crippen molar-refractivity contribution in [3.05, 3.63) is 58.1 Å². The molecule has 2 aromatic rings. The molecule has 0 saturated heterocycles. The average Bonchev–Trinajstić information content (AvgIpc) is 2.44. The third-order valence-electron chi connectivity index (χ3n) is 3.02. The number of hydrogen-bond donors (Lipinski definition) is 1. The number of benzene rings is 2. The second kappa shape index (κ2) is 7.48. The molecule has 0 unspecified atom stereocenters. The lowest BCUT2D eigenvalue weighted by molar-refractivity contribution is 0.182. The summed E-state index contributed by atoms with van der Waals surface area (Å²) in [6, 6.07) is 13.5. The molecule has 1 N–H and O–H groups in total. The highest BCUT2D eigenvalue weighted by Crippen LogP contribution is 2.26. The Morgan fingerprint density at radius 3 is 2.57 bits per heavy atom. The zero-order valence-electron chi connectivity index (χ0n) is 12.2. The Morgan fingerprint density at radius 1 is 1.10 bits per heavy atom. The molecule has 112 valence electrons. The molecular weight excluding hydrogens is 332 g/mol. The summed E-state index contributed by atoms with van der Waals surface area (Å²) in [4.78, 5) is 0. The van der Waals surface area contributed by atoms with Gasteiger partial charge in [-0.3, -0.25) is 0 Å². The molecule has 0 amide bonds. The van der Waals surface area contributed by atoms with Crippen LogP contribution in [-0.4, -0.2) is 18.3 Å². The van der Waals surface area contributed by atoms with Gasteiger partial charge in [0.1, 0.15) is 24.7 Å². The molecule has 0 aliphatic heterocycles. The summed E-state index contributed by atoms with van der Waals surface area (Å²) in [5.74, 6) is 1.50. The Kier molecular flexibility index (Phi) is 5.65. The molecule has 0 radical (unpaired) electrons. The number of aliphatic hydroxyl groups is 1. The third-order valence-corrected chi connectivity index (χ3v) is 3.51. The van der Waals surface area contributed by atoms with E-state index in [-0.39, 0.29) is 0 Å². The van der Waals surface area contributed by atoms with Gasteiger partial charge in [-0.1, -0.05) is 33.6 Å². The summed E-state index contributed by atoms with van der Waals surface area (Å²) in [7, 11) is 0. The quantitative estimate of drug-likeness (QED) is 0.790. The topological polar surface area (TPSA) is 38.7 Å². The largest absolute Gasteiger partial charge is 0.490 e. The van der Waals surface area contributed by atoms with Crippen molar-refractivity contribution in [2.75, 3.05) is 13.2 Å². The highest BCUT2D eigenvalue weighted by atomic mass is 79.9. The summed E-state index contributed by atoms with van der Waals surface area (Å²) in [6.45, 7) is 4.60. The molecule has 0 saturated carbocycles. The molecule has 0 heterocycles. The second-order valence-corrected chi connectivity index (χ2v) is 5.79. The summed E-state index contributed by atoms with van der Waals surface area (Å²) in [5.41, 5.74) is 1.90. The highest BCUT2D eigenvalue weighted by molar-refractivity contribution is 9.10. The summed E-state index contributed by atoms with van der Waals surface area (Å²) in [6.07, 6.45) is -0.550. The second-order valence-electron chi connectivity index (χ2n) is 4.87. The molecule has 3 nitrogen and oxygen atoms in total. The first-order chi connectivity index (χ1) is 10.1. The van der Waals surface area contributed by atoms with Gasteiger partial charge < -0.3 is 14.6 Å². The van der Waals surface area contributed by atoms with E-state index in [2.05, 4.69) is 15.9 Å². The van der Waals surface area contributed by atoms with Crippen molar-refractivity contribution in [2.24, 2.45) is 0 Å². The number of rotatable bonds is 6. The lowest BCUT2D eigenvalue weighted by atomic mass is 10.1. The first-order valence-corrected chi connectivity index (χ1v) is 7.65. The van der Waals surface area contributed by atoms with Gasteiger partial charge in [-0.25, -0.2) is 0 Å². The highest BCUT2D eigenvalue weighted by Gasteiger charge is 2.09. The van der Waals surface area contributed by atoms with Crippen LogP contribution >= 0.6 is 15.9 Å². The van der Waals surface area contributed by atoms with Crippen LogP contribution < -0.4 is 9.47 Å². The van der Waals surface area contributed by atoms with Gasteiger partial charge in [-0.15, -0.1) is 0 Å². The van der Waals surface area contributed by atoms with Crippen LogP contribution in [0, 0.1) is 6.92 Å². The zero-order valence-corrected chi connectivity index (χ0v) is 13.8. The van der Waals surface area contributed by atoms with Crippen LogP contribution in [0.15, 0.2) is 46.9 Å². The number of hydrogen-bond acceptors (Lipinski definition) is 3. The van der Waals surface area contributed by atoms with Crippen LogP contribution in [0.4, 0.5) is 0 Å². The van der Waals surface area contributed by atoms with Gasteiger partial charge in [0.25, 0.3) is 0 Å². The monoisotopic (exact) mass is 350 g/mol. The van der Waals surface area contributed by atoms with Crippen molar-refractivity contribution >= 4 is 15.9 Å². The van der Waals surface area contributed by atoms with Crippen LogP contribution in [0.2, 0.25) is 0 Å². The van der Waals surface area contributed by atoms with Gasteiger partial charge in [-0.05, 0) is 44.2 Å². The van der Waals surface area contributed by atoms with E-state index in [1.165, 1.54) is 0 Å². The first-order valence-electron chi connectivity index (χ1n) is 6.86. The van der Waals surface area contributed by atoms with Gasteiger partial charge >= 0.3 is 0 Å². The number of aryl methyl sites for hydroxylation is 1. The zero-order chi connectivity index (χ0) is 15.2. The van der Waals surface area contributed by atoms with Gasteiger partial charge in [0.15, 0.2) is 0 Å². The van der Waals surface area contributed by atoms with Crippen molar-refractivity contribution in [3.63, 3.8) is 0 Å². The van der Waals surface area contributed by atoms with Crippen molar-refractivity contribution < 1.29 is 14.6 Å². The number of aliphatic hydroxyl groups excluding tert-OH is 1. The fourth-order valence-corrected chi connectivity index (χ4v) is 2.37. The Hall–Kier alpha value is -1.52. The van der Waals surface area contributed by atoms with E-state index >= 15 is 0 Å². The maximum absolute atomic E-state index is 9.78. The van der Waals surface area contributed by atoms with Gasteiger partial charge in [0.2, 0.25) is 0 Å². The SMILES string of the molecule is Cc1ccc(OCCOc2cccc(Br)c2)c([C@@H](C)O)c1.